The van der Waals surface area contributed by atoms with Crippen LogP contribution in [0.4, 0.5) is 0 Å². The Bertz CT molecular complexity index is 1260. The molecule has 1 unspecified atom stereocenters. The van der Waals surface area contributed by atoms with Crippen molar-refractivity contribution in [2.75, 3.05) is 19.3 Å². The molecule has 2 rings (SSSR count). The summed E-state index contributed by atoms with van der Waals surface area (Å²) in [5.74, 6) is -3.44. The van der Waals surface area contributed by atoms with Gasteiger partial charge in [0.25, 0.3) is 5.91 Å². The molecule has 0 saturated carbocycles. The summed E-state index contributed by atoms with van der Waals surface area (Å²) < 4.78 is 24.2. The van der Waals surface area contributed by atoms with E-state index in [1.54, 1.807) is 37.3 Å². The van der Waals surface area contributed by atoms with E-state index in [1.807, 2.05) is 0 Å². The summed E-state index contributed by atoms with van der Waals surface area (Å²) >= 11 is 0. The molecule has 2 aromatic rings. The SMILES string of the molecule is CC[C@@H](CNC(=O)c1ccccc1)C(=O)C(NCC(=O)N[C@H](C=O)CC(=O)O)c1cccc(S(C)(=O)=O)c1. The highest BCUT2D eigenvalue weighted by atomic mass is 32.2. The minimum absolute atomic E-state index is 0.00499. The molecule has 0 fully saturated rings. The van der Waals surface area contributed by atoms with E-state index < -0.39 is 58.5 Å². The lowest BCUT2D eigenvalue weighted by Crippen LogP contribution is -2.45. The number of sulfone groups is 1. The van der Waals surface area contributed by atoms with Crippen molar-refractivity contribution < 1.29 is 37.5 Å². The van der Waals surface area contributed by atoms with Crippen molar-refractivity contribution in [3.05, 3.63) is 65.7 Å². The maximum Gasteiger partial charge on any atom is 0.305 e. The van der Waals surface area contributed by atoms with Crippen molar-refractivity contribution in [1.82, 2.24) is 16.0 Å². The maximum absolute atomic E-state index is 13.6. The number of carboxylic acids is 1. The van der Waals surface area contributed by atoms with Crippen LogP contribution in [-0.2, 0) is 29.0 Å². The summed E-state index contributed by atoms with van der Waals surface area (Å²) in [5, 5.41) is 16.7. The molecule has 0 aliphatic rings. The Morgan fingerprint density at radius 3 is 2.29 bits per heavy atom. The molecule has 0 radical (unpaired) electrons. The van der Waals surface area contributed by atoms with E-state index in [0.29, 0.717) is 18.3 Å². The lowest BCUT2D eigenvalue weighted by Gasteiger charge is -2.24. The van der Waals surface area contributed by atoms with Crippen LogP contribution in [0.1, 0.15) is 41.7 Å². The van der Waals surface area contributed by atoms with E-state index in [2.05, 4.69) is 16.0 Å². The lowest BCUT2D eigenvalue weighted by molar-refractivity contribution is -0.138. The Hall–Kier alpha value is -3.90. The highest BCUT2D eigenvalue weighted by Crippen LogP contribution is 2.23. The van der Waals surface area contributed by atoms with E-state index in [-0.39, 0.29) is 22.9 Å². The molecule has 4 N–H and O–H groups in total. The van der Waals surface area contributed by atoms with Gasteiger partial charge in [-0.15, -0.1) is 0 Å². The van der Waals surface area contributed by atoms with Gasteiger partial charge in [-0.05, 0) is 36.2 Å². The van der Waals surface area contributed by atoms with Gasteiger partial charge in [-0.25, -0.2) is 8.42 Å². The first-order chi connectivity index (χ1) is 18.0. The number of aldehydes is 1. The van der Waals surface area contributed by atoms with Crippen molar-refractivity contribution in [3.8, 4) is 0 Å². The van der Waals surface area contributed by atoms with Gasteiger partial charge in [0.15, 0.2) is 15.6 Å². The molecule has 12 heteroatoms. The summed E-state index contributed by atoms with van der Waals surface area (Å²) in [6, 6.07) is 11.8. The predicted octanol–water partition coefficient (Wildman–Crippen LogP) is 0.905. The maximum atomic E-state index is 13.6. The number of rotatable bonds is 15. The second-order valence-electron chi connectivity index (χ2n) is 8.65. The van der Waals surface area contributed by atoms with Gasteiger partial charge < -0.3 is 20.5 Å². The Balaban J connectivity index is 2.25. The van der Waals surface area contributed by atoms with Gasteiger partial charge in [0, 0.05) is 24.3 Å². The number of benzene rings is 2. The van der Waals surface area contributed by atoms with Crippen LogP contribution in [0, 0.1) is 5.92 Å². The van der Waals surface area contributed by atoms with Crippen LogP contribution >= 0.6 is 0 Å². The summed E-state index contributed by atoms with van der Waals surface area (Å²) in [6.45, 7) is 1.30. The normalized spacial score (nSPS) is 13.5. The monoisotopic (exact) mass is 545 g/mol. The van der Waals surface area contributed by atoms with Crippen molar-refractivity contribution in [3.63, 3.8) is 0 Å². The smallest absolute Gasteiger partial charge is 0.305 e. The molecular formula is C26H31N3O8S. The fraction of sp³-hybridized carbons (Fsp3) is 0.346. The van der Waals surface area contributed by atoms with E-state index in [4.69, 9.17) is 5.11 Å². The van der Waals surface area contributed by atoms with Crippen LogP contribution < -0.4 is 16.0 Å². The van der Waals surface area contributed by atoms with Crippen LogP contribution in [0.15, 0.2) is 59.5 Å². The molecule has 0 bridgehead atoms. The largest absolute Gasteiger partial charge is 0.481 e. The van der Waals surface area contributed by atoms with Crippen LogP contribution in [0.2, 0.25) is 0 Å². The van der Waals surface area contributed by atoms with Gasteiger partial charge in [-0.2, -0.15) is 0 Å². The number of nitrogens with one attached hydrogen (secondary N) is 3. The number of ketones is 1. The highest BCUT2D eigenvalue weighted by molar-refractivity contribution is 7.90. The number of amides is 2. The quantitative estimate of drug-likeness (QED) is 0.237. The first kappa shape index (κ1) is 30.3. The van der Waals surface area contributed by atoms with Gasteiger partial charge in [-0.1, -0.05) is 37.3 Å². The third kappa shape index (κ3) is 9.20. The average Bonchev–Trinajstić information content (AvgIpc) is 2.88. The molecule has 0 heterocycles. The minimum atomic E-state index is -3.59. The molecule has 0 saturated heterocycles. The number of Topliss-reactive ketones (excluding diaryl/α,β-unsaturated/α-hetero) is 1. The van der Waals surface area contributed by atoms with Crippen molar-refractivity contribution >= 4 is 39.7 Å². The van der Waals surface area contributed by atoms with Crippen molar-refractivity contribution in [1.29, 1.82) is 0 Å². The van der Waals surface area contributed by atoms with Crippen molar-refractivity contribution in [2.45, 2.75) is 36.7 Å². The molecule has 204 valence electrons. The fourth-order valence-corrected chi connectivity index (χ4v) is 4.35. The zero-order valence-corrected chi connectivity index (χ0v) is 21.9. The van der Waals surface area contributed by atoms with Gasteiger partial charge >= 0.3 is 5.97 Å². The van der Waals surface area contributed by atoms with Gasteiger partial charge in [-0.3, -0.25) is 24.5 Å². The number of aliphatic carboxylic acids is 1. The van der Waals surface area contributed by atoms with Crippen LogP contribution in [0.3, 0.4) is 0 Å². The lowest BCUT2D eigenvalue weighted by atomic mass is 9.91. The van der Waals surface area contributed by atoms with E-state index in [0.717, 1.165) is 6.26 Å². The summed E-state index contributed by atoms with van der Waals surface area (Å²) in [4.78, 5) is 60.4. The zero-order valence-electron chi connectivity index (χ0n) is 21.0. The summed E-state index contributed by atoms with van der Waals surface area (Å²) in [7, 11) is -3.59. The second kappa shape index (κ2) is 14.1. The molecule has 0 aromatic heterocycles. The topological polar surface area (TPSA) is 176 Å². The predicted molar refractivity (Wildman–Crippen MR) is 138 cm³/mol. The Morgan fingerprint density at radius 2 is 1.71 bits per heavy atom. The van der Waals surface area contributed by atoms with Crippen molar-refractivity contribution in [2.24, 2.45) is 5.92 Å². The Labute approximate surface area is 220 Å². The Morgan fingerprint density at radius 1 is 1.03 bits per heavy atom. The summed E-state index contributed by atoms with van der Waals surface area (Å²) in [6.07, 6.45) is 1.06. The number of hydrogen-bond donors (Lipinski definition) is 4. The minimum Gasteiger partial charge on any atom is -0.481 e. The van der Waals surface area contributed by atoms with Crippen LogP contribution in [0.25, 0.3) is 0 Å². The van der Waals surface area contributed by atoms with Gasteiger partial charge in [0.2, 0.25) is 5.91 Å². The van der Waals surface area contributed by atoms with E-state index >= 15 is 0 Å². The van der Waals surface area contributed by atoms with Gasteiger partial charge in [0.05, 0.1) is 29.9 Å². The zero-order chi connectivity index (χ0) is 28.3. The number of hydrogen-bond acceptors (Lipinski definition) is 8. The van der Waals surface area contributed by atoms with Crippen LogP contribution in [0.5, 0.6) is 0 Å². The number of carbonyl (C=O) groups excluding carboxylic acids is 4. The molecule has 11 nitrogen and oxygen atoms in total. The molecule has 0 spiro atoms. The van der Waals surface area contributed by atoms with E-state index in [9.17, 15) is 32.4 Å². The number of carboxylic acid groups (broad SMARTS) is 1. The third-order valence-electron chi connectivity index (χ3n) is 5.72. The molecule has 2 aromatic carbocycles. The molecule has 0 aliphatic carbocycles. The molecule has 38 heavy (non-hydrogen) atoms. The molecule has 2 amide bonds. The Kier molecular flexibility index (Phi) is 11.3. The van der Waals surface area contributed by atoms with Gasteiger partial charge in [0.1, 0.15) is 6.29 Å². The number of carbonyl (C=O) groups is 5. The summed E-state index contributed by atoms with van der Waals surface area (Å²) in [5.41, 5.74) is 0.712. The first-order valence-electron chi connectivity index (χ1n) is 11.8. The second-order valence-corrected chi connectivity index (χ2v) is 10.7. The fourth-order valence-electron chi connectivity index (χ4n) is 3.67. The third-order valence-corrected chi connectivity index (χ3v) is 6.83. The van der Waals surface area contributed by atoms with E-state index in [1.165, 1.54) is 24.3 Å². The molecular weight excluding hydrogens is 514 g/mol. The highest BCUT2D eigenvalue weighted by Gasteiger charge is 2.29. The standard InChI is InChI=1S/C26H31N3O8S/c1-3-17(14-28-26(35)18-8-5-4-6-9-18)25(34)24(19-10-7-11-21(12-19)38(2,36)37)27-15-22(31)29-20(16-30)13-23(32)33/h4-12,16-17,20,24,27H,3,13-15H2,1-2H3,(H,28,35)(H,29,31)(H,32,33)/t17-,20-,24?/m0/s1. The molecule has 0 aliphatic heterocycles. The molecule has 3 atom stereocenters. The average molecular weight is 546 g/mol. The first-order valence-corrected chi connectivity index (χ1v) is 13.7. The van der Waals surface area contributed by atoms with Crippen LogP contribution in [-0.4, -0.2) is 68.8 Å².